The Morgan fingerprint density at radius 2 is 1.67 bits per heavy atom. The Balaban J connectivity index is 1.57. The van der Waals surface area contributed by atoms with Gasteiger partial charge in [0.2, 0.25) is 0 Å². The minimum atomic E-state index is -0.999. The fourth-order valence-electron chi connectivity index (χ4n) is 3.99. The van der Waals surface area contributed by atoms with Crippen LogP contribution in [0, 0.1) is 0 Å². The van der Waals surface area contributed by atoms with Crippen LogP contribution < -0.4 is 0 Å². The summed E-state index contributed by atoms with van der Waals surface area (Å²) in [6, 6.07) is 15.4. The number of hydrogen-bond donors (Lipinski definition) is 1. The predicted octanol–water partition coefficient (Wildman–Crippen LogP) is 4.17. The molecule has 27 heavy (non-hydrogen) atoms. The molecule has 1 saturated heterocycles. The van der Waals surface area contributed by atoms with E-state index in [2.05, 4.69) is 24.3 Å². The Hall–Kier alpha value is -2.47. The molecule has 1 aliphatic heterocycles. The van der Waals surface area contributed by atoms with E-state index in [0.717, 1.165) is 22.3 Å². The average Bonchev–Trinajstić information content (AvgIpc) is 3.14. The van der Waals surface area contributed by atoms with E-state index in [0.29, 0.717) is 5.75 Å². The molecule has 2 aromatic carbocycles. The molecule has 1 amide bonds. The number of benzene rings is 2. The van der Waals surface area contributed by atoms with Crippen LogP contribution in [0.25, 0.3) is 11.1 Å². The van der Waals surface area contributed by atoms with E-state index in [9.17, 15) is 14.7 Å². The SMILES string of the molecule is CC1(C)SC[C@H](C(=O)O)N1C(=O)OCC1c2ccccc2-c2ccccc21. The van der Waals surface area contributed by atoms with Gasteiger partial charge in [-0.2, -0.15) is 0 Å². The minimum absolute atomic E-state index is 0.0389. The molecule has 1 atom stereocenters. The summed E-state index contributed by atoms with van der Waals surface area (Å²) in [6.07, 6.45) is -0.570. The number of thioether (sulfide) groups is 1. The largest absolute Gasteiger partial charge is 0.480 e. The van der Waals surface area contributed by atoms with Gasteiger partial charge in [0.25, 0.3) is 0 Å². The first-order valence-electron chi connectivity index (χ1n) is 8.91. The second kappa shape index (κ2) is 6.60. The standard InChI is InChI=1S/C21H21NO4S/c1-21(2)22(18(12-27-21)19(23)24)20(25)26-11-17-15-9-5-3-7-13(15)14-8-4-6-10-16(14)17/h3-10,17-18H,11-12H2,1-2H3,(H,23,24)/t18-/m1/s1. The molecule has 2 aromatic rings. The molecule has 6 heteroatoms. The maximum absolute atomic E-state index is 12.8. The van der Waals surface area contributed by atoms with Crippen molar-refractivity contribution in [3.63, 3.8) is 0 Å². The van der Waals surface area contributed by atoms with Crippen molar-refractivity contribution in [2.75, 3.05) is 12.4 Å². The lowest BCUT2D eigenvalue weighted by atomic mass is 9.98. The quantitative estimate of drug-likeness (QED) is 0.861. The van der Waals surface area contributed by atoms with Crippen LogP contribution >= 0.6 is 11.8 Å². The van der Waals surface area contributed by atoms with Crippen molar-refractivity contribution < 1.29 is 19.4 Å². The third kappa shape index (κ3) is 2.98. The van der Waals surface area contributed by atoms with Gasteiger partial charge in [0.05, 0.1) is 4.87 Å². The first-order valence-corrected chi connectivity index (χ1v) is 9.90. The summed E-state index contributed by atoms with van der Waals surface area (Å²) in [5.41, 5.74) is 4.59. The van der Waals surface area contributed by atoms with Crippen molar-refractivity contribution in [1.29, 1.82) is 0 Å². The average molecular weight is 383 g/mol. The Bertz CT molecular complexity index is 865. The number of carbonyl (C=O) groups excluding carboxylic acids is 1. The molecule has 2 aliphatic rings. The number of nitrogens with zero attached hydrogens (tertiary/aromatic N) is 1. The molecule has 140 valence electrons. The van der Waals surface area contributed by atoms with Crippen molar-refractivity contribution in [1.82, 2.24) is 4.90 Å². The highest BCUT2D eigenvalue weighted by atomic mass is 32.2. The van der Waals surface area contributed by atoms with Crippen LogP contribution in [0.15, 0.2) is 48.5 Å². The molecule has 0 radical (unpaired) electrons. The summed E-state index contributed by atoms with van der Waals surface area (Å²) in [5.74, 6) is -0.670. The van der Waals surface area contributed by atoms with Crippen LogP contribution in [0.2, 0.25) is 0 Å². The van der Waals surface area contributed by atoms with Crippen molar-refractivity contribution in [2.45, 2.75) is 30.7 Å². The number of rotatable bonds is 3. The molecule has 0 unspecified atom stereocenters. The van der Waals surface area contributed by atoms with Gasteiger partial charge in [-0.3, -0.25) is 4.90 Å². The molecule has 0 spiro atoms. The number of carboxylic acid groups (broad SMARTS) is 1. The molecule has 4 rings (SSSR count). The zero-order valence-electron chi connectivity index (χ0n) is 15.2. The van der Waals surface area contributed by atoms with Crippen molar-refractivity contribution >= 4 is 23.8 Å². The first kappa shape index (κ1) is 17.9. The van der Waals surface area contributed by atoms with Crippen LogP contribution in [-0.2, 0) is 9.53 Å². The maximum atomic E-state index is 12.8. The molecule has 5 nitrogen and oxygen atoms in total. The number of fused-ring (bicyclic) bond motifs is 3. The summed E-state index contributed by atoms with van der Waals surface area (Å²) < 4.78 is 5.65. The van der Waals surface area contributed by atoms with Crippen LogP contribution in [0.1, 0.15) is 30.9 Å². The van der Waals surface area contributed by atoms with Crippen molar-refractivity contribution in [3.8, 4) is 11.1 Å². The fraction of sp³-hybridized carbons (Fsp3) is 0.333. The van der Waals surface area contributed by atoms with E-state index in [4.69, 9.17) is 4.74 Å². The van der Waals surface area contributed by atoms with Gasteiger partial charge in [0.1, 0.15) is 12.6 Å². The Labute approximate surface area is 162 Å². The van der Waals surface area contributed by atoms with E-state index < -0.39 is 23.0 Å². The van der Waals surface area contributed by atoms with E-state index in [-0.39, 0.29) is 12.5 Å². The zero-order valence-corrected chi connectivity index (χ0v) is 16.0. The van der Waals surface area contributed by atoms with E-state index >= 15 is 0 Å². The lowest BCUT2D eigenvalue weighted by molar-refractivity contribution is -0.142. The zero-order chi connectivity index (χ0) is 19.2. The van der Waals surface area contributed by atoms with Gasteiger partial charge in [-0.05, 0) is 36.1 Å². The van der Waals surface area contributed by atoms with Crippen molar-refractivity contribution in [3.05, 3.63) is 59.7 Å². The number of hydrogen-bond acceptors (Lipinski definition) is 4. The Morgan fingerprint density at radius 1 is 1.11 bits per heavy atom. The van der Waals surface area contributed by atoms with E-state index in [1.165, 1.54) is 16.7 Å². The van der Waals surface area contributed by atoms with Gasteiger partial charge in [-0.25, -0.2) is 9.59 Å². The smallest absolute Gasteiger partial charge is 0.411 e. The summed E-state index contributed by atoms with van der Waals surface area (Å²) in [5, 5.41) is 9.44. The fourth-order valence-corrected chi connectivity index (χ4v) is 5.19. The second-order valence-corrected chi connectivity index (χ2v) is 8.91. The van der Waals surface area contributed by atoms with Gasteiger partial charge in [0, 0.05) is 11.7 Å². The van der Waals surface area contributed by atoms with Gasteiger partial charge in [0.15, 0.2) is 0 Å². The number of carbonyl (C=O) groups is 2. The third-order valence-corrected chi connectivity index (χ3v) is 6.69. The summed E-state index contributed by atoms with van der Waals surface area (Å²) >= 11 is 1.45. The topological polar surface area (TPSA) is 66.8 Å². The van der Waals surface area contributed by atoms with Crippen LogP contribution in [-0.4, -0.2) is 45.3 Å². The monoisotopic (exact) mass is 383 g/mol. The normalized spacial score (nSPS) is 20.2. The molecule has 1 aliphatic carbocycles. The van der Waals surface area contributed by atoms with Crippen molar-refractivity contribution in [2.24, 2.45) is 0 Å². The first-order chi connectivity index (χ1) is 12.9. The molecular formula is C21H21NO4S. The van der Waals surface area contributed by atoms with Gasteiger partial charge < -0.3 is 9.84 Å². The minimum Gasteiger partial charge on any atom is -0.480 e. The number of aliphatic carboxylic acids is 1. The van der Waals surface area contributed by atoms with Crippen LogP contribution in [0.3, 0.4) is 0 Å². The lowest BCUT2D eigenvalue weighted by Crippen LogP contribution is -2.50. The molecule has 1 heterocycles. The Kier molecular flexibility index (Phi) is 4.38. The molecule has 0 aromatic heterocycles. The Morgan fingerprint density at radius 3 is 2.22 bits per heavy atom. The number of ether oxygens (including phenoxy) is 1. The predicted molar refractivity (Wildman–Crippen MR) is 105 cm³/mol. The molecule has 0 bridgehead atoms. The van der Waals surface area contributed by atoms with Gasteiger partial charge in [-0.15, -0.1) is 11.8 Å². The van der Waals surface area contributed by atoms with Crippen LogP contribution in [0.5, 0.6) is 0 Å². The molecule has 1 fully saturated rings. The van der Waals surface area contributed by atoms with Crippen LogP contribution in [0.4, 0.5) is 4.79 Å². The number of carboxylic acids is 1. The maximum Gasteiger partial charge on any atom is 0.411 e. The third-order valence-electron chi connectivity index (χ3n) is 5.30. The van der Waals surface area contributed by atoms with E-state index in [1.54, 1.807) is 0 Å². The highest BCUT2D eigenvalue weighted by molar-refractivity contribution is 8.00. The highest BCUT2D eigenvalue weighted by Crippen LogP contribution is 2.45. The van der Waals surface area contributed by atoms with E-state index in [1.807, 2.05) is 38.1 Å². The second-order valence-electron chi connectivity index (χ2n) is 7.29. The molecule has 0 saturated carbocycles. The summed E-state index contributed by atoms with van der Waals surface area (Å²) in [4.78, 5) is 25.1. The number of amides is 1. The summed E-state index contributed by atoms with van der Waals surface area (Å²) in [7, 11) is 0. The van der Waals surface area contributed by atoms with Gasteiger partial charge >= 0.3 is 12.1 Å². The summed E-state index contributed by atoms with van der Waals surface area (Å²) in [6.45, 7) is 3.89. The lowest BCUT2D eigenvalue weighted by Gasteiger charge is -2.32. The van der Waals surface area contributed by atoms with Gasteiger partial charge in [-0.1, -0.05) is 48.5 Å². The highest BCUT2D eigenvalue weighted by Gasteiger charge is 2.48. The molecular weight excluding hydrogens is 362 g/mol. The molecule has 1 N–H and O–H groups in total.